The molecular weight excluding hydrogens is 298 g/mol. The van der Waals surface area contributed by atoms with Gasteiger partial charge >= 0.3 is 0 Å². The van der Waals surface area contributed by atoms with Crippen molar-refractivity contribution in [3.63, 3.8) is 0 Å². The van der Waals surface area contributed by atoms with E-state index in [1.165, 1.54) is 4.88 Å². The monoisotopic (exact) mass is 317 g/mol. The van der Waals surface area contributed by atoms with E-state index >= 15 is 0 Å². The molecule has 0 radical (unpaired) electrons. The van der Waals surface area contributed by atoms with Crippen LogP contribution in [0.2, 0.25) is 0 Å². The lowest BCUT2D eigenvalue weighted by Gasteiger charge is -2.26. The van der Waals surface area contributed by atoms with E-state index in [0.29, 0.717) is 24.3 Å². The summed E-state index contributed by atoms with van der Waals surface area (Å²) >= 11 is 1.68. The van der Waals surface area contributed by atoms with Gasteiger partial charge in [0.25, 0.3) is 5.91 Å². The summed E-state index contributed by atoms with van der Waals surface area (Å²) in [4.78, 5) is 16.1. The summed E-state index contributed by atoms with van der Waals surface area (Å²) in [5, 5.41) is 13.7. The molecule has 1 N–H and O–H groups in total. The second kappa shape index (κ2) is 5.81. The predicted octanol–water partition coefficient (Wildman–Crippen LogP) is 1.35. The van der Waals surface area contributed by atoms with Gasteiger partial charge in [0.2, 0.25) is 0 Å². The molecule has 2 aromatic heterocycles. The van der Waals surface area contributed by atoms with E-state index in [0.717, 1.165) is 32.4 Å². The first-order chi connectivity index (χ1) is 10.8. The molecule has 0 aromatic carbocycles. The Labute approximate surface area is 133 Å². The second-order valence-corrected chi connectivity index (χ2v) is 7.00. The minimum atomic E-state index is 0.0358. The molecule has 2 atom stereocenters. The molecule has 1 amide bonds. The lowest BCUT2D eigenvalue weighted by atomic mass is 10.1. The molecule has 22 heavy (non-hydrogen) atoms. The van der Waals surface area contributed by atoms with Crippen LogP contribution in [0, 0.1) is 0 Å². The number of aromatic nitrogens is 3. The van der Waals surface area contributed by atoms with Crippen molar-refractivity contribution in [1.82, 2.24) is 25.2 Å². The van der Waals surface area contributed by atoms with Gasteiger partial charge in [0.05, 0.1) is 12.7 Å². The first-order valence-corrected chi connectivity index (χ1v) is 8.65. The van der Waals surface area contributed by atoms with Gasteiger partial charge in [-0.15, -0.1) is 16.4 Å². The summed E-state index contributed by atoms with van der Waals surface area (Å²) in [5.74, 6) is 0.0358. The highest BCUT2D eigenvalue weighted by molar-refractivity contribution is 7.09. The first kappa shape index (κ1) is 13.9. The third kappa shape index (κ3) is 2.55. The highest BCUT2D eigenvalue weighted by Gasteiger charge is 2.39. The maximum Gasteiger partial charge on any atom is 0.276 e. The zero-order chi connectivity index (χ0) is 14.9. The lowest BCUT2D eigenvalue weighted by Crippen LogP contribution is -2.42. The summed E-state index contributed by atoms with van der Waals surface area (Å²) in [7, 11) is 0. The molecule has 2 aliphatic heterocycles. The molecule has 7 heteroatoms. The van der Waals surface area contributed by atoms with Gasteiger partial charge in [-0.1, -0.05) is 11.3 Å². The van der Waals surface area contributed by atoms with E-state index < -0.39 is 0 Å². The minimum absolute atomic E-state index is 0.0358. The summed E-state index contributed by atoms with van der Waals surface area (Å²) in [5.41, 5.74) is 0.468. The smallest absolute Gasteiger partial charge is 0.276 e. The van der Waals surface area contributed by atoms with Crippen LogP contribution in [0.25, 0.3) is 0 Å². The summed E-state index contributed by atoms with van der Waals surface area (Å²) in [6, 6.07) is 4.75. The fourth-order valence-corrected chi connectivity index (χ4v) is 4.18. The van der Waals surface area contributed by atoms with Crippen molar-refractivity contribution in [2.75, 3.05) is 13.1 Å². The van der Waals surface area contributed by atoms with Gasteiger partial charge in [-0.2, -0.15) is 0 Å². The number of rotatable bonds is 3. The molecule has 2 bridgehead atoms. The Morgan fingerprint density at radius 2 is 2.27 bits per heavy atom. The number of amides is 1. The van der Waals surface area contributed by atoms with E-state index in [4.69, 9.17) is 0 Å². The number of fused-ring (bicyclic) bond motifs is 2. The predicted molar refractivity (Wildman–Crippen MR) is 83.9 cm³/mol. The topological polar surface area (TPSA) is 63.1 Å². The molecule has 2 aromatic rings. The third-order valence-electron chi connectivity index (χ3n) is 4.54. The molecule has 4 heterocycles. The van der Waals surface area contributed by atoms with Gasteiger partial charge in [-0.05, 0) is 37.3 Å². The maximum atomic E-state index is 12.8. The van der Waals surface area contributed by atoms with Crippen LogP contribution in [-0.4, -0.2) is 51.0 Å². The normalized spacial score (nSPS) is 24.5. The Balaban J connectivity index is 1.52. The van der Waals surface area contributed by atoms with Crippen LogP contribution in [-0.2, 0) is 6.54 Å². The zero-order valence-electron chi connectivity index (χ0n) is 12.3. The lowest BCUT2D eigenvalue weighted by molar-refractivity contribution is 0.0674. The average Bonchev–Trinajstić information content (AvgIpc) is 3.19. The number of carbonyl (C=O) groups excluding carboxylic acids is 1. The molecule has 4 rings (SSSR count). The van der Waals surface area contributed by atoms with Gasteiger partial charge in [0.15, 0.2) is 5.69 Å². The van der Waals surface area contributed by atoms with Crippen LogP contribution in [0.3, 0.4) is 0 Å². The summed E-state index contributed by atoms with van der Waals surface area (Å²) in [6.45, 7) is 2.56. The first-order valence-electron chi connectivity index (χ1n) is 7.77. The average molecular weight is 317 g/mol. The van der Waals surface area contributed by atoms with Crippen molar-refractivity contribution >= 4 is 17.2 Å². The minimum Gasteiger partial charge on any atom is -0.330 e. The molecular formula is C15H19N5OS. The second-order valence-electron chi connectivity index (χ2n) is 5.97. The fraction of sp³-hybridized carbons (Fsp3) is 0.533. The molecule has 2 unspecified atom stereocenters. The Hall–Kier alpha value is -1.73. The third-order valence-corrected chi connectivity index (χ3v) is 5.41. The summed E-state index contributed by atoms with van der Waals surface area (Å²) in [6.07, 6.45) is 5.01. The summed E-state index contributed by atoms with van der Waals surface area (Å²) < 4.78 is 1.75. The van der Waals surface area contributed by atoms with Crippen molar-refractivity contribution in [3.05, 3.63) is 34.3 Å². The van der Waals surface area contributed by atoms with Crippen molar-refractivity contribution in [2.45, 2.75) is 37.9 Å². The van der Waals surface area contributed by atoms with E-state index in [2.05, 4.69) is 21.7 Å². The van der Waals surface area contributed by atoms with Gasteiger partial charge < -0.3 is 10.2 Å². The maximum absolute atomic E-state index is 12.8. The standard InChI is InChI=1S/C15H19N5OS/c21-15(20-11-3-4-12(20)8-16-6-5-11)14-10-19(18-17-14)9-13-2-1-7-22-13/h1-2,7,10-12,16H,3-6,8-9H2. The Morgan fingerprint density at radius 3 is 3.14 bits per heavy atom. The van der Waals surface area contributed by atoms with Gasteiger partial charge in [-0.3, -0.25) is 4.79 Å². The van der Waals surface area contributed by atoms with Crippen LogP contribution in [0.4, 0.5) is 0 Å². The van der Waals surface area contributed by atoms with Gasteiger partial charge in [-0.25, -0.2) is 4.68 Å². The van der Waals surface area contributed by atoms with Crippen LogP contribution in [0.1, 0.15) is 34.6 Å². The largest absolute Gasteiger partial charge is 0.330 e. The number of thiophene rings is 1. The highest BCUT2D eigenvalue weighted by atomic mass is 32.1. The molecule has 116 valence electrons. The van der Waals surface area contributed by atoms with Gasteiger partial charge in [0.1, 0.15) is 0 Å². The SMILES string of the molecule is O=C(c1cn(Cc2cccs2)nn1)N1C2CCNCC1CC2. The van der Waals surface area contributed by atoms with Crippen molar-refractivity contribution in [2.24, 2.45) is 0 Å². The highest BCUT2D eigenvalue weighted by Crippen LogP contribution is 2.29. The number of hydrogen-bond acceptors (Lipinski definition) is 5. The Bertz CT molecular complexity index is 639. The number of nitrogens with zero attached hydrogens (tertiary/aromatic N) is 4. The fourth-order valence-electron chi connectivity index (χ4n) is 3.48. The molecule has 0 saturated carbocycles. The molecule has 6 nitrogen and oxygen atoms in total. The molecule has 2 saturated heterocycles. The van der Waals surface area contributed by atoms with Crippen molar-refractivity contribution in [3.8, 4) is 0 Å². The number of carbonyl (C=O) groups is 1. The van der Waals surface area contributed by atoms with Crippen molar-refractivity contribution < 1.29 is 4.79 Å². The van der Waals surface area contributed by atoms with Crippen LogP contribution < -0.4 is 5.32 Å². The van der Waals surface area contributed by atoms with E-state index in [-0.39, 0.29) is 5.91 Å². The number of nitrogens with one attached hydrogen (secondary N) is 1. The van der Waals surface area contributed by atoms with E-state index in [1.54, 1.807) is 22.2 Å². The number of hydrogen-bond donors (Lipinski definition) is 1. The quantitative estimate of drug-likeness (QED) is 0.928. The molecule has 0 aliphatic carbocycles. The Morgan fingerprint density at radius 1 is 1.36 bits per heavy atom. The molecule has 0 spiro atoms. The van der Waals surface area contributed by atoms with Crippen LogP contribution in [0.5, 0.6) is 0 Å². The van der Waals surface area contributed by atoms with Crippen LogP contribution >= 0.6 is 11.3 Å². The van der Waals surface area contributed by atoms with Crippen LogP contribution in [0.15, 0.2) is 23.7 Å². The van der Waals surface area contributed by atoms with Gasteiger partial charge in [0, 0.05) is 23.5 Å². The zero-order valence-corrected chi connectivity index (χ0v) is 13.1. The van der Waals surface area contributed by atoms with Crippen molar-refractivity contribution in [1.29, 1.82) is 0 Å². The molecule has 2 fully saturated rings. The molecule has 2 aliphatic rings. The Kier molecular flexibility index (Phi) is 3.67. The van der Waals surface area contributed by atoms with E-state index in [1.807, 2.05) is 16.3 Å². The van der Waals surface area contributed by atoms with E-state index in [9.17, 15) is 4.79 Å².